The summed E-state index contributed by atoms with van der Waals surface area (Å²) in [7, 11) is 2.64. The average molecular weight is 550 g/mol. The lowest BCUT2D eigenvalue weighted by atomic mass is 9.96. The summed E-state index contributed by atoms with van der Waals surface area (Å²) in [6.45, 7) is -1.26. The molecule has 0 aliphatic rings. The van der Waals surface area contributed by atoms with Crippen molar-refractivity contribution in [1.82, 2.24) is 15.3 Å². The van der Waals surface area contributed by atoms with Crippen LogP contribution in [0, 0.1) is 5.82 Å². The Morgan fingerprint density at radius 1 is 1.05 bits per heavy atom. The maximum absolute atomic E-state index is 14.2. The third kappa shape index (κ3) is 5.07. The largest absolute Gasteiger partial charge is 0.494 e. The van der Waals surface area contributed by atoms with Crippen LogP contribution in [0.25, 0.3) is 22.2 Å². The zero-order chi connectivity index (χ0) is 27.7. The van der Waals surface area contributed by atoms with Crippen molar-refractivity contribution in [1.29, 1.82) is 0 Å². The second kappa shape index (κ2) is 10.4. The van der Waals surface area contributed by atoms with E-state index in [1.165, 1.54) is 50.7 Å². The maximum atomic E-state index is 14.2. The van der Waals surface area contributed by atoms with Gasteiger partial charge in [-0.15, -0.1) is 0 Å². The number of aliphatic hydroxyl groups is 1. The number of carbonyl (C=O) groups is 1. The topological polar surface area (TPSA) is 93.6 Å². The van der Waals surface area contributed by atoms with Crippen LogP contribution in [0.4, 0.5) is 17.6 Å². The van der Waals surface area contributed by atoms with Crippen molar-refractivity contribution in [3.63, 3.8) is 0 Å². The van der Waals surface area contributed by atoms with Gasteiger partial charge in [-0.25, -0.2) is 9.37 Å². The van der Waals surface area contributed by atoms with Crippen LogP contribution in [-0.4, -0.2) is 47.9 Å². The van der Waals surface area contributed by atoms with E-state index < -0.39 is 35.7 Å². The van der Waals surface area contributed by atoms with Crippen molar-refractivity contribution in [3.05, 3.63) is 82.9 Å². The van der Waals surface area contributed by atoms with E-state index in [0.717, 1.165) is 12.1 Å². The number of methoxy groups -OCH3 is 2. The molecule has 0 saturated carbocycles. The molecule has 1 amide bonds. The zero-order valence-electron chi connectivity index (χ0n) is 19.9. The highest BCUT2D eigenvalue weighted by molar-refractivity contribution is 6.31. The van der Waals surface area contributed by atoms with Crippen LogP contribution in [0.3, 0.4) is 0 Å². The van der Waals surface area contributed by atoms with Crippen molar-refractivity contribution in [2.24, 2.45) is 0 Å². The predicted octanol–water partition coefficient (Wildman–Crippen LogP) is 5.29. The molecule has 2 aromatic carbocycles. The fraction of sp³-hybridized carbons (Fsp3) is 0.192. The van der Waals surface area contributed by atoms with Crippen LogP contribution in [0.2, 0.25) is 5.02 Å². The number of hydrogen-bond acceptors (Lipinski definition) is 6. The molecule has 0 fully saturated rings. The first-order valence-electron chi connectivity index (χ1n) is 11.0. The van der Waals surface area contributed by atoms with Gasteiger partial charge in [-0.2, -0.15) is 13.2 Å². The summed E-state index contributed by atoms with van der Waals surface area (Å²) in [5.41, 5.74) is -3.91. The molecule has 12 heteroatoms. The molecule has 0 radical (unpaired) electrons. The zero-order valence-corrected chi connectivity index (χ0v) is 20.7. The molecule has 0 aliphatic carbocycles. The Hall–Kier alpha value is -3.96. The summed E-state index contributed by atoms with van der Waals surface area (Å²) in [6, 6.07) is 11.6. The number of nitrogens with zero attached hydrogens (tertiary/aromatic N) is 2. The highest BCUT2D eigenvalue weighted by atomic mass is 35.5. The standard InChI is InChI=1S/C26H20ClF4N3O4/c1-37-19-7-8-21(34-23(19)15-5-6-18(28)17(27)11-15)25(36,26(29,30)31)13-33-24(35)16-10-14-4-3-9-32-22(14)20(12-16)38-2/h3-12,36H,13H2,1-2H3,(H,33,35). The summed E-state index contributed by atoms with van der Waals surface area (Å²) in [4.78, 5) is 21.0. The maximum Gasteiger partial charge on any atom is 0.424 e. The number of amides is 1. The third-order valence-electron chi connectivity index (χ3n) is 5.82. The Bertz CT molecular complexity index is 1520. The second-order valence-electron chi connectivity index (χ2n) is 8.17. The SMILES string of the molecule is COc1ccc(C(O)(CNC(=O)c2cc(OC)c3ncccc3c2)C(F)(F)F)nc1-c1ccc(F)c(Cl)c1. The van der Waals surface area contributed by atoms with E-state index in [2.05, 4.69) is 15.3 Å². The molecule has 1 unspecified atom stereocenters. The van der Waals surface area contributed by atoms with Crippen LogP contribution in [-0.2, 0) is 5.60 Å². The number of benzene rings is 2. The minimum absolute atomic E-state index is 0.00351. The van der Waals surface area contributed by atoms with Gasteiger partial charge in [0.25, 0.3) is 5.91 Å². The molecule has 0 bridgehead atoms. The van der Waals surface area contributed by atoms with Gasteiger partial charge in [-0.1, -0.05) is 17.7 Å². The third-order valence-corrected chi connectivity index (χ3v) is 6.11. The lowest BCUT2D eigenvalue weighted by molar-refractivity contribution is -0.265. The van der Waals surface area contributed by atoms with Crippen molar-refractivity contribution in [2.75, 3.05) is 20.8 Å². The minimum Gasteiger partial charge on any atom is -0.494 e. The Labute approximate surface area is 219 Å². The van der Waals surface area contributed by atoms with E-state index in [-0.39, 0.29) is 33.3 Å². The number of halogens is 5. The first-order chi connectivity index (χ1) is 18.0. The molecule has 0 saturated heterocycles. The summed E-state index contributed by atoms with van der Waals surface area (Å²) < 4.78 is 66.8. The lowest BCUT2D eigenvalue weighted by Gasteiger charge is -2.30. The summed E-state index contributed by atoms with van der Waals surface area (Å²) in [6.07, 6.45) is -3.71. The van der Waals surface area contributed by atoms with E-state index in [4.69, 9.17) is 21.1 Å². The number of fused-ring (bicyclic) bond motifs is 1. The normalized spacial score (nSPS) is 13.2. The fourth-order valence-corrected chi connectivity index (χ4v) is 3.96. The smallest absolute Gasteiger partial charge is 0.424 e. The summed E-state index contributed by atoms with van der Waals surface area (Å²) in [5.74, 6) is -1.32. The van der Waals surface area contributed by atoms with E-state index in [9.17, 15) is 27.5 Å². The lowest BCUT2D eigenvalue weighted by Crippen LogP contribution is -2.51. The molecule has 7 nitrogen and oxygen atoms in total. The molecule has 0 aliphatic heterocycles. The van der Waals surface area contributed by atoms with Crippen molar-refractivity contribution >= 4 is 28.4 Å². The molecular formula is C26H20ClF4N3O4. The molecule has 38 heavy (non-hydrogen) atoms. The van der Waals surface area contributed by atoms with Crippen LogP contribution in [0.5, 0.6) is 11.5 Å². The van der Waals surface area contributed by atoms with Gasteiger partial charge in [0.15, 0.2) is 0 Å². The van der Waals surface area contributed by atoms with Gasteiger partial charge in [0, 0.05) is 22.7 Å². The number of carbonyl (C=O) groups excluding carboxylic acids is 1. The molecule has 198 valence electrons. The van der Waals surface area contributed by atoms with Gasteiger partial charge in [0.1, 0.15) is 28.5 Å². The fourth-order valence-electron chi connectivity index (χ4n) is 3.78. The molecule has 2 aromatic heterocycles. The molecule has 0 spiro atoms. The van der Waals surface area contributed by atoms with Crippen LogP contribution >= 0.6 is 11.6 Å². The highest BCUT2D eigenvalue weighted by Crippen LogP contribution is 2.40. The molecule has 4 aromatic rings. The predicted molar refractivity (Wildman–Crippen MR) is 132 cm³/mol. The number of nitrogens with one attached hydrogen (secondary N) is 1. The molecule has 4 rings (SSSR count). The van der Waals surface area contributed by atoms with Crippen LogP contribution < -0.4 is 14.8 Å². The number of aromatic nitrogens is 2. The van der Waals surface area contributed by atoms with E-state index in [1.54, 1.807) is 12.1 Å². The average Bonchev–Trinajstić information content (AvgIpc) is 2.91. The first-order valence-corrected chi connectivity index (χ1v) is 11.4. The van der Waals surface area contributed by atoms with Gasteiger partial charge in [0.05, 0.1) is 31.5 Å². The van der Waals surface area contributed by atoms with Crippen LogP contribution in [0.1, 0.15) is 16.1 Å². The van der Waals surface area contributed by atoms with E-state index >= 15 is 0 Å². The van der Waals surface area contributed by atoms with E-state index in [0.29, 0.717) is 10.9 Å². The van der Waals surface area contributed by atoms with Gasteiger partial charge in [0.2, 0.25) is 5.60 Å². The molecule has 2 heterocycles. The quantitative estimate of drug-likeness (QED) is 0.304. The number of hydrogen-bond donors (Lipinski definition) is 2. The van der Waals surface area contributed by atoms with E-state index in [1.807, 2.05) is 0 Å². The number of pyridine rings is 2. The monoisotopic (exact) mass is 549 g/mol. The number of rotatable bonds is 7. The Balaban J connectivity index is 1.70. The Kier molecular flexibility index (Phi) is 7.43. The Morgan fingerprint density at radius 2 is 1.79 bits per heavy atom. The van der Waals surface area contributed by atoms with Gasteiger partial charge in [-0.3, -0.25) is 9.78 Å². The van der Waals surface area contributed by atoms with Gasteiger partial charge >= 0.3 is 6.18 Å². The number of ether oxygens (including phenoxy) is 2. The minimum atomic E-state index is -5.25. The number of alkyl halides is 3. The molecule has 1 atom stereocenters. The summed E-state index contributed by atoms with van der Waals surface area (Å²) in [5, 5.41) is 13.2. The highest BCUT2D eigenvalue weighted by Gasteiger charge is 2.56. The van der Waals surface area contributed by atoms with Gasteiger partial charge in [-0.05, 0) is 48.5 Å². The first kappa shape index (κ1) is 27.1. The Morgan fingerprint density at radius 3 is 2.45 bits per heavy atom. The second-order valence-corrected chi connectivity index (χ2v) is 8.58. The van der Waals surface area contributed by atoms with Crippen LogP contribution in [0.15, 0.2) is 60.8 Å². The summed E-state index contributed by atoms with van der Waals surface area (Å²) >= 11 is 5.83. The van der Waals surface area contributed by atoms with Crippen molar-refractivity contribution in [2.45, 2.75) is 11.8 Å². The van der Waals surface area contributed by atoms with Crippen molar-refractivity contribution in [3.8, 4) is 22.8 Å². The molecule has 2 N–H and O–H groups in total. The van der Waals surface area contributed by atoms with Crippen molar-refractivity contribution < 1.29 is 36.9 Å². The molecular weight excluding hydrogens is 530 g/mol. The van der Waals surface area contributed by atoms with Gasteiger partial charge < -0.3 is 19.9 Å².